The Balaban J connectivity index is 1.80. The van der Waals surface area contributed by atoms with Crippen LogP contribution < -0.4 is 14.8 Å². The summed E-state index contributed by atoms with van der Waals surface area (Å²) < 4.78 is 16.6. The Hall–Kier alpha value is -3.80. The molecular formula is C26H27NO5. The fraction of sp³-hybridized carbons (Fsp3) is 0.231. The minimum atomic E-state index is -0.922. The fourth-order valence-corrected chi connectivity index (χ4v) is 3.06. The Morgan fingerprint density at radius 2 is 1.53 bits per heavy atom. The van der Waals surface area contributed by atoms with E-state index in [0.29, 0.717) is 23.6 Å². The summed E-state index contributed by atoms with van der Waals surface area (Å²) in [4.78, 5) is 25.3. The maximum atomic E-state index is 13.2. The van der Waals surface area contributed by atoms with E-state index in [2.05, 4.69) is 12.2 Å². The standard InChI is InChI=1S/C26H27NO5/c1-3-4-18-31-20-14-16-21(17-15-20)32-24(19-10-6-5-7-11-19)25(28)27-23-13-9-8-12-22(23)26(29)30-2/h5-17,24H,3-4,18H2,1-2H3,(H,27,28). The van der Waals surface area contributed by atoms with E-state index in [9.17, 15) is 9.59 Å². The first-order chi connectivity index (χ1) is 15.6. The van der Waals surface area contributed by atoms with Crippen LogP contribution in [0.15, 0.2) is 78.9 Å². The molecule has 32 heavy (non-hydrogen) atoms. The van der Waals surface area contributed by atoms with Crippen LogP contribution in [0.3, 0.4) is 0 Å². The van der Waals surface area contributed by atoms with Crippen molar-refractivity contribution in [1.82, 2.24) is 0 Å². The summed E-state index contributed by atoms with van der Waals surface area (Å²) in [5.74, 6) is 0.337. The molecule has 0 spiro atoms. The number of carbonyl (C=O) groups is 2. The van der Waals surface area contributed by atoms with Crippen molar-refractivity contribution < 1.29 is 23.8 Å². The van der Waals surface area contributed by atoms with Crippen LogP contribution in [0, 0.1) is 0 Å². The summed E-state index contributed by atoms with van der Waals surface area (Å²) in [6, 6.07) is 23.0. The van der Waals surface area contributed by atoms with Gasteiger partial charge in [0, 0.05) is 5.56 Å². The number of anilines is 1. The highest BCUT2D eigenvalue weighted by atomic mass is 16.5. The zero-order chi connectivity index (χ0) is 22.8. The van der Waals surface area contributed by atoms with Crippen LogP contribution in [0.4, 0.5) is 5.69 Å². The van der Waals surface area contributed by atoms with Crippen LogP contribution in [0.2, 0.25) is 0 Å². The molecule has 0 aliphatic heterocycles. The van der Waals surface area contributed by atoms with Gasteiger partial charge in [0.1, 0.15) is 11.5 Å². The van der Waals surface area contributed by atoms with Crippen molar-refractivity contribution in [2.45, 2.75) is 25.9 Å². The number of esters is 1. The SMILES string of the molecule is CCCCOc1ccc(OC(C(=O)Nc2ccccc2C(=O)OC)c2ccccc2)cc1. The number of carbonyl (C=O) groups excluding carboxylic acids is 2. The Labute approximate surface area is 188 Å². The van der Waals surface area contributed by atoms with Gasteiger partial charge in [-0.25, -0.2) is 4.79 Å². The predicted octanol–water partition coefficient (Wildman–Crippen LogP) is 5.41. The second kappa shape index (κ2) is 11.6. The van der Waals surface area contributed by atoms with Crippen LogP contribution >= 0.6 is 0 Å². The number of methoxy groups -OCH3 is 1. The summed E-state index contributed by atoms with van der Waals surface area (Å²) in [6.07, 6.45) is 1.13. The molecule has 0 bridgehead atoms. The van der Waals surface area contributed by atoms with Crippen LogP contribution in [-0.2, 0) is 9.53 Å². The minimum absolute atomic E-state index is 0.267. The second-order valence-electron chi connectivity index (χ2n) is 7.11. The van der Waals surface area contributed by atoms with Gasteiger partial charge in [-0.05, 0) is 42.8 Å². The zero-order valence-electron chi connectivity index (χ0n) is 18.2. The van der Waals surface area contributed by atoms with Gasteiger partial charge in [-0.15, -0.1) is 0 Å². The first-order valence-electron chi connectivity index (χ1n) is 10.5. The Morgan fingerprint density at radius 3 is 2.22 bits per heavy atom. The van der Waals surface area contributed by atoms with Gasteiger partial charge in [0.05, 0.1) is 25.0 Å². The van der Waals surface area contributed by atoms with Gasteiger partial charge in [-0.1, -0.05) is 55.8 Å². The molecule has 0 aliphatic rings. The molecule has 3 aromatic carbocycles. The fourth-order valence-electron chi connectivity index (χ4n) is 3.06. The highest BCUT2D eigenvalue weighted by molar-refractivity contribution is 6.02. The molecule has 166 valence electrons. The van der Waals surface area contributed by atoms with Crippen LogP contribution in [0.5, 0.6) is 11.5 Å². The van der Waals surface area contributed by atoms with Gasteiger partial charge in [-0.2, -0.15) is 0 Å². The molecule has 0 aromatic heterocycles. The van der Waals surface area contributed by atoms with Gasteiger partial charge in [0.2, 0.25) is 6.10 Å². The molecule has 0 heterocycles. The van der Waals surface area contributed by atoms with E-state index in [4.69, 9.17) is 14.2 Å². The highest BCUT2D eigenvalue weighted by Gasteiger charge is 2.24. The van der Waals surface area contributed by atoms with Gasteiger partial charge in [0.25, 0.3) is 5.91 Å². The van der Waals surface area contributed by atoms with Crippen molar-refractivity contribution in [3.8, 4) is 11.5 Å². The summed E-state index contributed by atoms with van der Waals surface area (Å²) >= 11 is 0. The molecular weight excluding hydrogens is 406 g/mol. The van der Waals surface area contributed by atoms with Gasteiger partial charge < -0.3 is 19.5 Å². The maximum Gasteiger partial charge on any atom is 0.339 e. The maximum absolute atomic E-state index is 13.2. The summed E-state index contributed by atoms with van der Waals surface area (Å²) in [7, 11) is 1.30. The lowest BCUT2D eigenvalue weighted by Crippen LogP contribution is -2.26. The lowest BCUT2D eigenvalue weighted by molar-refractivity contribution is -0.123. The van der Waals surface area contributed by atoms with Crippen LogP contribution in [-0.4, -0.2) is 25.6 Å². The number of para-hydroxylation sites is 1. The Bertz CT molecular complexity index is 1020. The van der Waals surface area contributed by atoms with Crippen molar-refractivity contribution in [3.05, 3.63) is 90.0 Å². The topological polar surface area (TPSA) is 73.9 Å². The number of nitrogens with one attached hydrogen (secondary N) is 1. The lowest BCUT2D eigenvalue weighted by atomic mass is 10.1. The normalized spacial score (nSPS) is 11.3. The van der Waals surface area contributed by atoms with Crippen molar-refractivity contribution >= 4 is 17.6 Å². The van der Waals surface area contributed by atoms with Crippen molar-refractivity contribution in [3.63, 3.8) is 0 Å². The summed E-state index contributed by atoms with van der Waals surface area (Å²) in [6.45, 7) is 2.77. The van der Waals surface area contributed by atoms with E-state index in [1.165, 1.54) is 7.11 Å². The molecule has 6 nitrogen and oxygen atoms in total. The van der Waals surface area contributed by atoms with Crippen LogP contribution in [0.25, 0.3) is 0 Å². The third-order valence-corrected chi connectivity index (χ3v) is 4.77. The number of unbranched alkanes of at least 4 members (excludes halogenated alkanes) is 1. The predicted molar refractivity (Wildman–Crippen MR) is 123 cm³/mol. The number of amides is 1. The number of benzene rings is 3. The van der Waals surface area contributed by atoms with Gasteiger partial charge in [0.15, 0.2) is 0 Å². The van der Waals surface area contributed by atoms with Crippen molar-refractivity contribution in [2.24, 2.45) is 0 Å². The highest BCUT2D eigenvalue weighted by Crippen LogP contribution is 2.26. The Kier molecular flexibility index (Phi) is 8.26. The second-order valence-corrected chi connectivity index (χ2v) is 7.11. The molecule has 0 saturated carbocycles. The quantitative estimate of drug-likeness (QED) is 0.342. The van der Waals surface area contributed by atoms with Gasteiger partial charge >= 0.3 is 5.97 Å². The smallest absolute Gasteiger partial charge is 0.339 e. The molecule has 1 unspecified atom stereocenters. The molecule has 1 N–H and O–H groups in total. The zero-order valence-corrected chi connectivity index (χ0v) is 18.2. The molecule has 1 amide bonds. The third-order valence-electron chi connectivity index (χ3n) is 4.77. The van der Waals surface area contributed by atoms with Crippen molar-refractivity contribution in [2.75, 3.05) is 19.0 Å². The van der Waals surface area contributed by atoms with E-state index < -0.39 is 18.0 Å². The Morgan fingerprint density at radius 1 is 0.875 bits per heavy atom. The largest absolute Gasteiger partial charge is 0.494 e. The molecule has 0 radical (unpaired) electrons. The van der Waals surface area contributed by atoms with Crippen molar-refractivity contribution in [1.29, 1.82) is 0 Å². The number of hydrogen-bond acceptors (Lipinski definition) is 5. The summed E-state index contributed by atoms with van der Waals surface area (Å²) in [5, 5.41) is 2.80. The first-order valence-corrected chi connectivity index (χ1v) is 10.5. The van der Waals surface area contributed by atoms with Crippen LogP contribution in [0.1, 0.15) is 41.8 Å². The molecule has 3 rings (SSSR count). The molecule has 0 fully saturated rings. The number of ether oxygens (including phenoxy) is 3. The molecule has 0 saturated heterocycles. The van der Waals surface area contributed by atoms with Gasteiger partial charge in [-0.3, -0.25) is 4.79 Å². The van der Waals surface area contributed by atoms with E-state index in [-0.39, 0.29) is 5.56 Å². The molecule has 3 aromatic rings. The van der Waals surface area contributed by atoms with E-state index in [1.54, 1.807) is 36.4 Å². The van der Waals surface area contributed by atoms with E-state index in [1.807, 2.05) is 42.5 Å². The average Bonchev–Trinajstić information content (AvgIpc) is 2.84. The monoisotopic (exact) mass is 433 g/mol. The van der Waals surface area contributed by atoms with E-state index >= 15 is 0 Å². The molecule has 1 atom stereocenters. The molecule has 0 aliphatic carbocycles. The third kappa shape index (κ3) is 6.11. The molecule has 6 heteroatoms. The number of rotatable bonds is 10. The van der Waals surface area contributed by atoms with E-state index in [0.717, 1.165) is 18.6 Å². The lowest BCUT2D eigenvalue weighted by Gasteiger charge is -2.20. The first kappa shape index (κ1) is 22.9. The summed E-state index contributed by atoms with van der Waals surface area (Å²) in [5.41, 5.74) is 1.31. The minimum Gasteiger partial charge on any atom is -0.494 e. The number of hydrogen-bond donors (Lipinski definition) is 1. The average molecular weight is 434 g/mol.